The van der Waals surface area contributed by atoms with Gasteiger partial charge >= 0.3 is 0 Å². The Bertz CT molecular complexity index is 1160. The van der Waals surface area contributed by atoms with Gasteiger partial charge in [-0.05, 0) is 62.6 Å². The van der Waals surface area contributed by atoms with Gasteiger partial charge in [0.15, 0.2) is 5.65 Å². The lowest BCUT2D eigenvalue weighted by molar-refractivity contribution is 0.0869. The van der Waals surface area contributed by atoms with E-state index in [9.17, 15) is 14.3 Å². The normalized spacial score (nSPS) is 23.2. The van der Waals surface area contributed by atoms with Crippen LogP contribution < -0.4 is 10.2 Å². The Hall–Kier alpha value is -3.07. The zero-order valence-electron chi connectivity index (χ0n) is 18.7. The highest BCUT2D eigenvalue weighted by Gasteiger charge is 2.30. The summed E-state index contributed by atoms with van der Waals surface area (Å²) in [5.41, 5.74) is 2.74. The molecule has 33 heavy (non-hydrogen) atoms. The number of amides is 1. The summed E-state index contributed by atoms with van der Waals surface area (Å²) < 4.78 is 15.6. The number of aliphatic hydroxyl groups is 1. The number of hydrogen-bond donors (Lipinski definition) is 2. The molecule has 3 aromatic heterocycles. The van der Waals surface area contributed by atoms with Crippen LogP contribution in [0.2, 0.25) is 0 Å². The average Bonchev–Trinajstić information content (AvgIpc) is 3.47. The summed E-state index contributed by atoms with van der Waals surface area (Å²) in [5.74, 6) is 0.214. The number of pyridine rings is 1. The van der Waals surface area contributed by atoms with E-state index >= 15 is 0 Å². The highest BCUT2D eigenvalue weighted by Crippen LogP contribution is 2.37. The highest BCUT2D eigenvalue weighted by molar-refractivity contribution is 5.99. The van der Waals surface area contributed by atoms with E-state index in [0.29, 0.717) is 24.1 Å². The van der Waals surface area contributed by atoms with Crippen LogP contribution >= 0.6 is 0 Å². The molecule has 0 radical (unpaired) electrons. The number of aryl methyl sites for hydroxylation is 1. The summed E-state index contributed by atoms with van der Waals surface area (Å²) >= 11 is 0. The standard InChI is InChI=1S/C24H29FN6O2/c1-2-20-18(12-15(25)13-26-20)21-4-3-10-30(21)22-9-11-31-23(29-22)19(14-27-31)24(33)28-16-5-7-17(32)8-6-16/h9,11-14,16-17,21,32H,2-8,10H2,1H3,(H,28,33)/t16-,17-,21?. The third-order valence-corrected chi connectivity index (χ3v) is 6.84. The second kappa shape index (κ2) is 9.05. The molecule has 174 valence electrons. The molecule has 1 amide bonds. The fourth-order valence-electron chi connectivity index (χ4n) is 5.09. The van der Waals surface area contributed by atoms with Gasteiger partial charge in [0.05, 0.1) is 24.5 Å². The number of rotatable bonds is 5. The van der Waals surface area contributed by atoms with Crippen molar-refractivity contribution in [2.24, 2.45) is 0 Å². The Morgan fingerprint density at radius 1 is 1.24 bits per heavy atom. The first-order valence-electron chi connectivity index (χ1n) is 11.8. The third kappa shape index (κ3) is 4.29. The van der Waals surface area contributed by atoms with Crippen molar-refractivity contribution in [2.75, 3.05) is 11.4 Å². The molecule has 0 bridgehead atoms. The van der Waals surface area contributed by atoms with Crippen LogP contribution in [0.1, 0.15) is 73.1 Å². The van der Waals surface area contributed by atoms with E-state index in [2.05, 4.69) is 20.3 Å². The Morgan fingerprint density at radius 3 is 2.85 bits per heavy atom. The largest absolute Gasteiger partial charge is 0.393 e. The van der Waals surface area contributed by atoms with Gasteiger partial charge in [-0.25, -0.2) is 13.9 Å². The summed E-state index contributed by atoms with van der Waals surface area (Å²) in [6.45, 7) is 2.82. The first kappa shape index (κ1) is 21.8. The highest BCUT2D eigenvalue weighted by atomic mass is 19.1. The summed E-state index contributed by atoms with van der Waals surface area (Å²) in [5, 5.41) is 17.1. The predicted octanol–water partition coefficient (Wildman–Crippen LogP) is 3.20. The number of nitrogens with one attached hydrogen (secondary N) is 1. The van der Waals surface area contributed by atoms with E-state index in [1.807, 2.05) is 19.2 Å². The van der Waals surface area contributed by atoms with Crippen molar-refractivity contribution < 1.29 is 14.3 Å². The molecule has 1 unspecified atom stereocenters. The molecule has 4 heterocycles. The Morgan fingerprint density at radius 2 is 2.06 bits per heavy atom. The summed E-state index contributed by atoms with van der Waals surface area (Å²) in [6.07, 6.45) is 9.89. The molecule has 1 atom stereocenters. The van der Waals surface area contributed by atoms with Crippen LogP contribution in [-0.4, -0.2) is 49.3 Å². The molecule has 0 spiro atoms. The SMILES string of the molecule is CCc1ncc(F)cc1C1CCCN1c1ccn2ncc(C(=O)N[C@H]3CC[C@H](O)CC3)c2n1. The maximum absolute atomic E-state index is 14.0. The average molecular weight is 453 g/mol. The van der Waals surface area contributed by atoms with Crippen LogP contribution in [0.25, 0.3) is 5.65 Å². The molecule has 9 heteroatoms. The fourth-order valence-corrected chi connectivity index (χ4v) is 5.09. The van der Waals surface area contributed by atoms with Crippen molar-refractivity contribution in [3.8, 4) is 0 Å². The van der Waals surface area contributed by atoms with E-state index in [1.165, 1.54) is 6.20 Å². The number of carbonyl (C=O) groups excluding carboxylic acids is 1. The number of aromatic nitrogens is 4. The predicted molar refractivity (Wildman–Crippen MR) is 122 cm³/mol. The van der Waals surface area contributed by atoms with Crippen LogP contribution in [0, 0.1) is 5.82 Å². The minimum atomic E-state index is -0.331. The number of carbonyl (C=O) groups is 1. The molecule has 8 nitrogen and oxygen atoms in total. The Labute approximate surface area is 191 Å². The van der Waals surface area contributed by atoms with Crippen LogP contribution in [-0.2, 0) is 6.42 Å². The van der Waals surface area contributed by atoms with Gasteiger partial charge in [0.1, 0.15) is 17.2 Å². The zero-order valence-corrected chi connectivity index (χ0v) is 18.7. The lowest BCUT2D eigenvalue weighted by Gasteiger charge is -2.27. The molecular formula is C24H29FN6O2. The second-order valence-corrected chi connectivity index (χ2v) is 8.99. The lowest BCUT2D eigenvalue weighted by Crippen LogP contribution is -2.38. The molecule has 0 aromatic carbocycles. The number of anilines is 1. The Kier molecular flexibility index (Phi) is 5.97. The van der Waals surface area contributed by atoms with E-state index < -0.39 is 0 Å². The molecule has 3 aromatic rings. The van der Waals surface area contributed by atoms with E-state index in [1.54, 1.807) is 16.8 Å². The molecule has 1 aliphatic carbocycles. The maximum atomic E-state index is 14.0. The van der Waals surface area contributed by atoms with Crippen molar-refractivity contribution in [1.29, 1.82) is 0 Å². The van der Waals surface area contributed by atoms with Crippen molar-refractivity contribution in [1.82, 2.24) is 24.9 Å². The molecule has 5 rings (SSSR count). The van der Waals surface area contributed by atoms with Crippen LogP contribution in [0.5, 0.6) is 0 Å². The molecular weight excluding hydrogens is 423 g/mol. The summed E-state index contributed by atoms with van der Waals surface area (Å²) in [6, 6.07) is 3.52. The minimum Gasteiger partial charge on any atom is -0.393 e. The van der Waals surface area contributed by atoms with Gasteiger partial charge in [-0.15, -0.1) is 0 Å². The van der Waals surface area contributed by atoms with Gasteiger partial charge in [0, 0.05) is 24.5 Å². The van der Waals surface area contributed by atoms with Crippen molar-refractivity contribution in [3.63, 3.8) is 0 Å². The van der Waals surface area contributed by atoms with E-state index in [4.69, 9.17) is 4.98 Å². The molecule has 2 fully saturated rings. The fraction of sp³-hybridized carbons (Fsp3) is 0.500. The van der Waals surface area contributed by atoms with E-state index in [-0.39, 0.29) is 29.9 Å². The smallest absolute Gasteiger partial charge is 0.256 e. The first-order valence-corrected chi connectivity index (χ1v) is 11.8. The zero-order chi connectivity index (χ0) is 22.9. The van der Waals surface area contributed by atoms with Crippen molar-refractivity contribution in [2.45, 2.75) is 70.1 Å². The molecule has 2 N–H and O–H groups in total. The second-order valence-electron chi connectivity index (χ2n) is 8.99. The molecule has 1 saturated carbocycles. The lowest BCUT2D eigenvalue weighted by atomic mass is 9.93. The minimum absolute atomic E-state index is 0.00744. The van der Waals surface area contributed by atoms with Gasteiger partial charge in [-0.3, -0.25) is 9.78 Å². The number of fused-ring (bicyclic) bond motifs is 1. The van der Waals surface area contributed by atoms with Gasteiger partial charge in [0.2, 0.25) is 0 Å². The van der Waals surface area contributed by atoms with Crippen molar-refractivity contribution >= 4 is 17.4 Å². The number of aliphatic hydroxyl groups excluding tert-OH is 1. The Balaban J connectivity index is 1.42. The van der Waals surface area contributed by atoms with Crippen LogP contribution in [0.3, 0.4) is 0 Å². The molecule has 1 aliphatic heterocycles. The van der Waals surface area contributed by atoms with Gasteiger partial charge in [0.25, 0.3) is 5.91 Å². The van der Waals surface area contributed by atoms with E-state index in [0.717, 1.165) is 55.7 Å². The maximum Gasteiger partial charge on any atom is 0.256 e. The first-order chi connectivity index (χ1) is 16.0. The number of nitrogens with zero attached hydrogens (tertiary/aromatic N) is 5. The van der Waals surface area contributed by atoms with Gasteiger partial charge in [-0.1, -0.05) is 6.92 Å². The summed E-state index contributed by atoms with van der Waals surface area (Å²) in [4.78, 5) is 24.3. The number of halogens is 1. The van der Waals surface area contributed by atoms with Gasteiger partial charge in [-0.2, -0.15) is 5.10 Å². The number of hydrogen-bond acceptors (Lipinski definition) is 6. The topological polar surface area (TPSA) is 95.7 Å². The van der Waals surface area contributed by atoms with Crippen molar-refractivity contribution in [3.05, 3.63) is 53.4 Å². The monoisotopic (exact) mass is 452 g/mol. The summed E-state index contributed by atoms with van der Waals surface area (Å²) in [7, 11) is 0. The molecule has 2 aliphatic rings. The van der Waals surface area contributed by atoms with Crippen LogP contribution in [0.15, 0.2) is 30.7 Å². The third-order valence-electron chi connectivity index (χ3n) is 6.84. The van der Waals surface area contributed by atoms with Crippen LogP contribution in [0.4, 0.5) is 10.2 Å². The quantitative estimate of drug-likeness (QED) is 0.617. The molecule has 1 saturated heterocycles. The van der Waals surface area contributed by atoms with Gasteiger partial charge < -0.3 is 15.3 Å².